The molecular weight excluding hydrogens is 342 g/mol. The number of carbonyl (C=O) groups excluding carboxylic acids is 1. The van der Waals surface area contributed by atoms with Gasteiger partial charge in [-0.3, -0.25) is 0 Å². The van der Waals surface area contributed by atoms with E-state index >= 15 is 0 Å². The van der Waals surface area contributed by atoms with Gasteiger partial charge in [-0.05, 0) is 49.9 Å². The lowest BCUT2D eigenvalue weighted by Crippen LogP contribution is -2.30. The number of rotatable bonds is 5. The van der Waals surface area contributed by atoms with Crippen molar-refractivity contribution in [3.05, 3.63) is 35.2 Å². The maximum Gasteiger partial charge on any atom is 0.319 e. The Balaban J connectivity index is 1.67. The van der Waals surface area contributed by atoms with Crippen LogP contribution in [0, 0.1) is 13.8 Å². The van der Waals surface area contributed by atoms with Gasteiger partial charge in [-0.15, -0.1) is 0 Å². The molecule has 2 aromatic rings. The molecule has 1 aliphatic heterocycles. The van der Waals surface area contributed by atoms with E-state index in [1.807, 2.05) is 51.0 Å². The van der Waals surface area contributed by atoms with E-state index in [4.69, 9.17) is 0 Å². The normalized spacial score (nSPS) is 13.6. The smallest absolute Gasteiger partial charge is 0.319 e. The first-order valence-corrected chi connectivity index (χ1v) is 9.22. The number of benzene rings is 1. The second-order valence-electron chi connectivity index (χ2n) is 7.05. The third kappa shape index (κ3) is 4.84. The molecule has 1 aromatic carbocycles. The van der Waals surface area contributed by atoms with Gasteiger partial charge in [0.05, 0.1) is 6.54 Å². The van der Waals surface area contributed by atoms with Crippen LogP contribution in [0.25, 0.3) is 0 Å². The molecule has 0 unspecified atom stereocenters. The van der Waals surface area contributed by atoms with Crippen molar-refractivity contribution in [1.82, 2.24) is 20.3 Å². The maximum atomic E-state index is 12.2. The fraction of sp³-hybridized carbons (Fsp3) is 0.474. The number of aromatic nitrogens is 3. The molecule has 0 radical (unpaired) electrons. The first-order chi connectivity index (χ1) is 12.9. The van der Waals surface area contributed by atoms with Crippen LogP contribution in [0.2, 0.25) is 0 Å². The number of aryl methyl sites for hydroxylation is 2. The van der Waals surface area contributed by atoms with Crippen molar-refractivity contribution in [2.45, 2.75) is 33.2 Å². The average Bonchev–Trinajstić information content (AvgIpc) is 3.17. The van der Waals surface area contributed by atoms with Crippen LogP contribution in [-0.2, 0) is 6.54 Å². The van der Waals surface area contributed by atoms with E-state index in [-0.39, 0.29) is 12.6 Å². The van der Waals surface area contributed by atoms with Crippen molar-refractivity contribution in [2.24, 2.45) is 0 Å². The first-order valence-electron chi connectivity index (χ1n) is 9.22. The number of urea groups is 1. The largest absolute Gasteiger partial charge is 0.347 e. The number of nitrogens with zero attached hydrogens (tertiary/aromatic N) is 5. The zero-order chi connectivity index (χ0) is 19.4. The van der Waals surface area contributed by atoms with Crippen molar-refractivity contribution < 1.29 is 4.79 Å². The van der Waals surface area contributed by atoms with Crippen molar-refractivity contribution >= 4 is 23.6 Å². The van der Waals surface area contributed by atoms with Crippen LogP contribution < -0.4 is 20.4 Å². The third-order valence-corrected chi connectivity index (χ3v) is 4.62. The van der Waals surface area contributed by atoms with Crippen molar-refractivity contribution in [3.8, 4) is 0 Å². The van der Waals surface area contributed by atoms with Crippen molar-refractivity contribution in [3.63, 3.8) is 0 Å². The summed E-state index contributed by atoms with van der Waals surface area (Å²) in [4.78, 5) is 29.7. The third-order valence-electron chi connectivity index (χ3n) is 4.62. The number of carbonyl (C=O) groups is 1. The summed E-state index contributed by atoms with van der Waals surface area (Å²) in [6.07, 6.45) is 2.30. The van der Waals surface area contributed by atoms with Crippen LogP contribution in [0.5, 0.6) is 0 Å². The summed E-state index contributed by atoms with van der Waals surface area (Å²) in [7, 11) is 3.79. The molecule has 0 bridgehead atoms. The Kier molecular flexibility index (Phi) is 5.73. The molecular formula is C19H27N7O. The molecule has 1 saturated heterocycles. The summed E-state index contributed by atoms with van der Waals surface area (Å²) >= 11 is 0. The summed E-state index contributed by atoms with van der Waals surface area (Å²) in [6, 6.07) is 5.55. The van der Waals surface area contributed by atoms with Crippen LogP contribution in [0.15, 0.2) is 18.2 Å². The molecule has 144 valence electrons. The zero-order valence-electron chi connectivity index (χ0n) is 16.4. The van der Waals surface area contributed by atoms with Gasteiger partial charge < -0.3 is 20.4 Å². The predicted octanol–water partition coefficient (Wildman–Crippen LogP) is 2.48. The molecule has 1 aromatic heterocycles. The van der Waals surface area contributed by atoms with E-state index in [0.29, 0.717) is 17.7 Å². The monoisotopic (exact) mass is 369 g/mol. The second kappa shape index (κ2) is 8.20. The molecule has 8 nitrogen and oxygen atoms in total. The Hall–Kier alpha value is -2.90. The quantitative estimate of drug-likeness (QED) is 0.842. The van der Waals surface area contributed by atoms with E-state index in [0.717, 1.165) is 37.2 Å². The van der Waals surface area contributed by atoms with Gasteiger partial charge in [0.1, 0.15) is 0 Å². The molecule has 0 saturated carbocycles. The fourth-order valence-corrected chi connectivity index (χ4v) is 2.89. The van der Waals surface area contributed by atoms with Crippen molar-refractivity contribution in [2.75, 3.05) is 42.3 Å². The molecule has 27 heavy (non-hydrogen) atoms. The molecule has 1 aliphatic rings. The Morgan fingerprint density at radius 2 is 1.85 bits per heavy atom. The minimum absolute atomic E-state index is 0.237. The van der Waals surface area contributed by atoms with Gasteiger partial charge >= 0.3 is 6.03 Å². The summed E-state index contributed by atoms with van der Waals surface area (Å²) < 4.78 is 0. The van der Waals surface area contributed by atoms with Gasteiger partial charge in [0, 0.05) is 32.9 Å². The highest BCUT2D eigenvalue weighted by molar-refractivity contribution is 5.89. The number of anilines is 3. The molecule has 0 spiro atoms. The Labute approximate surface area is 160 Å². The van der Waals surface area contributed by atoms with Crippen LogP contribution >= 0.6 is 0 Å². The standard InChI is InChI=1S/C19H27N7O/c1-13-7-8-15(11-14(13)2)21-19(27)20-12-16-22-17(25(3)4)24-18(23-16)26-9-5-6-10-26/h7-8,11H,5-6,9-10,12H2,1-4H3,(H2,20,21,27). The summed E-state index contributed by atoms with van der Waals surface area (Å²) in [6.45, 7) is 6.21. The Morgan fingerprint density at radius 1 is 1.11 bits per heavy atom. The van der Waals surface area contributed by atoms with Crippen LogP contribution in [-0.4, -0.2) is 48.2 Å². The minimum atomic E-state index is -0.284. The number of hydrogen-bond donors (Lipinski definition) is 2. The maximum absolute atomic E-state index is 12.2. The highest BCUT2D eigenvalue weighted by atomic mass is 16.2. The summed E-state index contributed by atoms with van der Waals surface area (Å²) in [5.74, 6) is 1.82. The molecule has 3 rings (SSSR count). The van der Waals surface area contributed by atoms with Gasteiger partial charge in [0.2, 0.25) is 11.9 Å². The predicted molar refractivity (Wildman–Crippen MR) is 107 cm³/mol. The van der Waals surface area contributed by atoms with Gasteiger partial charge in [0.15, 0.2) is 5.82 Å². The highest BCUT2D eigenvalue weighted by Crippen LogP contribution is 2.18. The lowest BCUT2D eigenvalue weighted by Gasteiger charge is -2.19. The first kappa shape index (κ1) is 18.9. The summed E-state index contributed by atoms with van der Waals surface area (Å²) in [5, 5.41) is 5.67. The fourth-order valence-electron chi connectivity index (χ4n) is 2.89. The Bertz CT molecular complexity index is 816. The lowest BCUT2D eigenvalue weighted by molar-refractivity contribution is 0.251. The molecule has 2 N–H and O–H groups in total. The molecule has 0 atom stereocenters. The lowest BCUT2D eigenvalue weighted by atomic mass is 10.1. The second-order valence-corrected chi connectivity index (χ2v) is 7.05. The van der Waals surface area contributed by atoms with E-state index in [2.05, 4.69) is 30.5 Å². The van der Waals surface area contributed by atoms with E-state index in [9.17, 15) is 4.79 Å². The van der Waals surface area contributed by atoms with Crippen molar-refractivity contribution in [1.29, 1.82) is 0 Å². The highest BCUT2D eigenvalue weighted by Gasteiger charge is 2.18. The molecule has 0 aliphatic carbocycles. The van der Waals surface area contributed by atoms with E-state index in [1.54, 1.807) is 0 Å². The van der Waals surface area contributed by atoms with Crippen LogP contribution in [0.1, 0.15) is 29.8 Å². The average molecular weight is 369 g/mol. The van der Waals surface area contributed by atoms with E-state index < -0.39 is 0 Å². The van der Waals surface area contributed by atoms with E-state index in [1.165, 1.54) is 5.56 Å². The SMILES string of the molecule is Cc1ccc(NC(=O)NCc2nc(N(C)C)nc(N3CCCC3)n2)cc1C. The van der Waals surface area contributed by atoms with Crippen LogP contribution in [0.3, 0.4) is 0 Å². The molecule has 1 fully saturated rings. The zero-order valence-corrected chi connectivity index (χ0v) is 16.4. The molecule has 8 heteroatoms. The summed E-state index contributed by atoms with van der Waals surface area (Å²) in [5.41, 5.74) is 3.09. The van der Waals surface area contributed by atoms with Gasteiger partial charge in [-0.1, -0.05) is 6.07 Å². The topological polar surface area (TPSA) is 86.3 Å². The van der Waals surface area contributed by atoms with Gasteiger partial charge in [0.25, 0.3) is 0 Å². The minimum Gasteiger partial charge on any atom is -0.347 e. The molecule has 2 heterocycles. The number of amides is 2. The van der Waals surface area contributed by atoms with Gasteiger partial charge in [-0.25, -0.2) is 4.79 Å². The Morgan fingerprint density at radius 3 is 2.52 bits per heavy atom. The van der Waals surface area contributed by atoms with Crippen LogP contribution in [0.4, 0.5) is 22.4 Å². The number of hydrogen-bond acceptors (Lipinski definition) is 6. The number of nitrogens with one attached hydrogen (secondary N) is 2. The van der Waals surface area contributed by atoms with Gasteiger partial charge in [-0.2, -0.15) is 15.0 Å². The molecule has 2 amide bonds.